The first-order valence-electron chi connectivity index (χ1n) is 8.81. The predicted octanol–water partition coefficient (Wildman–Crippen LogP) is 2.70. The molecule has 1 aliphatic carbocycles. The SMILES string of the molecule is CCN(CC)CCNC(=O)c1cnn2c(C(F)(F)F)cc(C3CC3)nc12. The van der Waals surface area contributed by atoms with Crippen LogP contribution in [0.2, 0.25) is 0 Å². The molecule has 2 aromatic heterocycles. The van der Waals surface area contributed by atoms with E-state index in [1.807, 2.05) is 13.8 Å². The number of halogens is 3. The standard InChI is InChI=1S/C17H22F3N5O/c1-3-24(4-2)8-7-21-16(26)12-10-22-25-14(17(18,19)20)9-13(11-5-6-11)23-15(12)25/h9-11H,3-8H2,1-2H3,(H,21,26). The van der Waals surface area contributed by atoms with Crippen molar-refractivity contribution < 1.29 is 18.0 Å². The van der Waals surface area contributed by atoms with E-state index in [1.54, 1.807) is 0 Å². The Hall–Kier alpha value is -2.16. The summed E-state index contributed by atoms with van der Waals surface area (Å²) < 4.78 is 40.8. The maximum absolute atomic E-state index is 13.4. The molecule has 26 heavy (non-hydrogen) atoms. The van der Waals surface area contributed by atoms with Gasteiger partial charge in [-0.2, -0.15) is 18.3 Å². The molecule has 0 aromatic carbocycles. The third-order valence-electron chi connectivity index (χ3n) is 4.63. The first kappa shape index (κ1) is 18.6. The molecule has 142 valence electrons. The molecule has 1 N–H and O–H groups in total. The molecule has 0 bridgehead atoms. The van der Waals surface area contributed by atoms with Crippen LogP contribution in [-0.2, 0) is 6.18 Å². The van der Waals surface area contributed by atoms with Crippen LogP contribution in [0, 0.1) is 0 Å². The Labute approximate surface area is 149 Å². The molecule has 3 rings (SSSR count). The van der Waals surface area contributed by atoms with Gasteiger partial charge in [0.05, 0.1) is 6.20 Å². The number of nitrogens with one attached hydrogen (secondary N) is 1. The third-order valence-corrected chi connectivity index (χ3v) is 4.63. The topological polar surface area (TPSA) is 62.5 Å². The van der Waals surface area contributed by atoms with Crippen molar-refractivity contribution in [3.63, 3.8) is 0 Å². The summed E-state index contributed by atoms with van der Waals surface area (Å²) in [4.78, 5) is 18.9. The maximum atomic E-state index is 13.4. The van der Waals surface area contributed by atoms with Crippen molar-refractivity contribution in [2.75, 3.05) is 26.2 Å². The molecule has 0 spiro atoms. The monoisotopic (exact) mass is 369 g/mol. The summed E-state index contributed by atoms with van der Waals surface area (Å²) in [7, 11) is 0. The van der Waals surface area contributed by atoms with E-state index in [2.05, 4.69) is 20.3 Å². The lowest BCUT2D eigenvalue weighted by Crippen LogP contribution is -2.34. The highest BCUT2D eigenvalue weighted by Crippen LogP contribution is 2.41. The van der Waals surface area contributed by atoms with Crippen molar-refractivity contribution >= 4 is 11.6 Å². The Morgan fingerprint density at radius 1 is 1.35 bits per heavy atom. The summed E-state index contributed by atoms with van der Waals surface area (Å²) in [6, 6.07) is 1.04. The van der Waals surface area contributed by atoms with E-state index in [-0.39, 0.29) is 17.1 Å². The van der Waals surface area contributed by atoms with Crippen LogP contribution in [0.15, 0.2) is 12.3 Å². The zero-order chi connectivity index (χ0) is 18.9. The molecule has 1 fully saturated rings. The van der Waals surface area contributed by atoms with Gasteiger partial charge in [0, 0.05) is 24.7 Å². The fourth-order valence-corrected chi connectivity index (χ4v) is 2.89. The van der Waals surface area contributed by atoms with Gasteiger partial charge in [0.15, 0.2) is 5.65 Å². The van der Waals surface area contributed by atoms with Crippen molar-refractivity contribution in [2.24, 2.45) is 0 Å². The lowest BCUT2D eigenvalue weighted by Gasteiger charge is -2.17. The third kappa shape index (κ3) is 3.82. The molecule has 1 saturated carbocycles. The van der Waals surface area contributed by atoms with Gasteiger partial charge in [0.2, 0.25) is 0 Å². The maximum Gasteiger partial charge on any atom is 0.433 e. The number of fused-ring (bicyclic) bond motifs is 1. The van der Waals surface area contributed by atoms with Gasteiger partial charge in [-0.05, 0) is 32.0 Å². The molecule has 6 nitrogen and oxygen atoms in total. The van der Waals surface area contributed by atoms with E-state index in [1.165, 1.54) is 0 Å². The number of likely N-dealkylation sites (N-methyl/N-ethyl adjacent to an activating group) is 1. The van der Waals surface area contributed by atoms with Gasteiger partial charge in [-0.1, -0.05) is 13.8 Å². The van der Waals surface area contributed by atoms with Gasteiger partial charge in [-0.25, -0.2) is 9.50 Å². The van der Waals surface area contributed by atoms with E-state index in [0.717, 1.165) is 38.2 Å². The van der Waals surface area contributed by atoms with Crippen molar-refractivity contribution in [2.45, 2.75) is 38.8 Å². The molecule has 1 aliphatic rings. The fourth-order valence-electron chi connectivity index (χ4n) is 2.89. The number of aromatic nitrogens is 3. The van der Waals surface area contributed by atoms with Gasteiger partial charge in [-0.15, -0.1) is 0 Å². The summed E-state index contributed by atoms with van der Waals surface area (Å²) >= 11 is 0. The lowest BCUT2D eigenvalue weighted by atomic mass is 10.2. The molecular weight excluding hydrogens is 347 g/mol. The average Bonchev–Trinajstić information content (AvgIpc) is 3.36. The van der Waals surface area contributed by atoms with Crippen LogP contribution in [-0.4, -0.2) is 51.6 Å². The number of nitrogens with zero attached hydrogens (tertiary/aromatic N) is 4. The van der Waals surface area contributed by atoms with Crippen LogP contribution in [0.5, 0.6) is 0 Å². The van der Waals surface area contributed by atoms with E-state index in [9.17, 15) is 18.0 Å². The van der Waals surface area contributed by atoms with Crippen LogP contribution < -0.4 is 5.32 Å². The average molecular weight is 369 g/mol. The molecule has 1 amide bonds. The molecule has 0 aliphatic heterocycles. The second kappa shape index (κ2) is 7.22. The largest absolute Gasteiger partial charge is 0.433 e. The predicted molar refractivity (Wildman–Crippen MR) is 90.1 cm³/mol. The Kier molecular flexibility index (Phi) is 5.17. The number of carbonyl (C=O) groups is 1. The quantitative estimate of drug-likeness (QED) is 0.815. The summed E-state index contributed by atoms with van der Waals surface area (Å²) in [5.41, 5.74) is -0.492. The van der Waals surface area contributed by atoms with Gasteiger partial charge in [0.25, 0.3) is 5.91 Å². The van der Waals surface area contributed by atoms with Crippen LogP contribution >= 0.6 is 0 Å². The van der Waals surface area contributed by atoms with Crippen molar-refractivity contribution in [3.05, 3.63) is 29.2 Å². The summed E-state index contributed by atoms with van der Waals surface area (Å²) in [6.07, 6.45) is -1.77. The van der Waals surface area contributed by atoms with E-state index < -0.39 is 17.8 Å². The number of amides is 1. The minimum atomic E-state index is -4.56. The zero-order valence-electron chi connectivity index (χ0n) is 14.8. The second-order valence-electron chi connectivity index (χ2n) is 6.41. The minimum Gasteiger partial charge on any atom is -0.351 e. The Bertz CT molecular complexity index is 794. The second-order valence-corrected chi connectivity index (χ2v) is 6.41. The van der Waals surface area contributed by atoms with E-state index in [0.29, 0.717) is 23.3 Å². The molecular formula is C17H22F3N5O. The zero-order valence-corrected chi connectivity index (χ0v) is 14.8. The number of hydrogen-bond acceptors (Lipinski definition) is 4. The van der Waals surface area contributed by atoms with Gasteiger partial charge < -0.3 is 10.2 Å². The molecule has 9 heteroatoms. The highest BCUT2D eigenvalue weighted by atomic mass is 19.4. The first-order valence-corrected chi connectivity index (χ1v) is 8.81. The van der Waals surface area contributed by atoms with Gasteiger partial charge in [0.1, 0.15) is 11.3 Å². The van der Waals surface area contributed by atoms with Crippen LogP contribution in [0.1, 0.15) is 54.4 Å². The highest BCUT2D eigenvalue weighted by Gasteiger charge is 2.37. The first-order chi connectivity index (χ1) is 12.3. The summed E-state index contributed by atoms with van der Waals surface area (Å²) in [6.45, 7) is 6.87. The highest BCUT2D eigenvalue weighted by molar-refractivity contribution is 5.99. The molecule has 0 saturated heterocycles. The van der Waals surface area contributed by atoms with Crippen molar-refractivity contribution in [1.82, 2.24) is 24.8 Å². The molecule has 2 heterocycles. The fraction of sp³-hybridized carbons (Fsp3) is 0.588. The van der Waals surface area contributed by atoms with Crippen LogP contribution in [0.4, 0.5) is 13.2 Å². The molecule has 0 unspecified atom stereocenters. The van der Waals surface area contributed by atoms with Gasteiger partial charge in [-0.3, -0.25) is 4.79 Å². The summed E-state index contributed by atoms with van der Waals surface area (Å²) in [5, 5.41) is 6.51. The normalized spacial score (nSPS) is 15.0. The Morgan fingerprint density at radius 2 is 2.04 bits per heavy atom. The molecule has 0 radical (unpaired) electrons. The van der Waals surface area contributed by atoms with E-state index in [4.69, 9.17) is 0 Å². The number of rotatable bonds is 7. The van der Waals surface area contributed by atoms with Crippen molar-refractivity contribution in [1.29, 1.82) is 0 Å². The number of hydrogen-bond donors (Lipinski definition) is 1. The Balaban J connectivity index is 1.87. The van der Waals surface area contributed by atoms with E-state index >= 15 is 0 Å². The van der Waals surface area contributed by atoms with Crippen LogP contribution in [0.3, 0.4) is 0 Å². The van der Waals surface area contributed by atoms with Crippen LogP contribution in [0.25, 0.3) is 5.65 Å². The number of carbonyl (C=O) groups excluding carboxylic acids is 1. The molecule has 0 atom stereocenters. The molecule has 2 aromatic rings. The van der Waals surface area contributed by atoms with Gasteiger partial charge >= 0.3 is 6.18 Å². The van der Waals surface area contributed by atoms with Crippen molar-refractivity contribution in [3.8, 4) is 0 Å². The smallest absolute Gasteiger partial charge is 0.351 e. The lowest BCUT2D eigenvalue weighted by molar-refractivity contribution is -0.142. The minimum absolute atomic E-state index is 0.0366. The summed E-state index contributed by atoms with van der Waals surface area (Å²) in [5.74, 6) is -0.421. The Morgan fingerprint density at radius 3 is 2.62 bits per heavy atom. The number of alkyl halides is 3.